The summed E-state index contributed by atoms with van der Waals surface area (Å²) in [5, 5.41) is 2.23. The van der Waals surface area contributed by atoms with Crippen LogP contribution in [0.2, 0.25) is 0 Å². The average Bonchev–Trinajstić information content (AvgIpc) is 2.24. The maximum atomic E-state index is 11.3. The van der Waals surface area contributed by atoms with E-state index in [4.69, 9.17) is 9.47 Å². The van der Waals surface area contributed by atoms with Crippen LogP contribution in [0.4, 0.5) is 4.79 Å². The largest absolute Gasteiger partial charge is 0.463 e. The summed E-state index contributed by atoms with van der Waals surface area (Å²) in [5.74, 6) is -1.38. The van der Waals surface area contributed by atoms with Crippen molar-refractivity contribution < 1.29 is 28.6 Å². The van der Waals surface area contributed by atoms with Crippen LogP contribution in [0.1, 0.15) is 34.6 Å². The molecule has 0 aliphatic carbocycles. The molecule has 0 saturated heterocycles. The quantitative estimate of drug-likeness (QED) is 0.594. The highest BCUT2D eigenvalue weighted by Crippen LogP contribution is 2.06. The number of hydrogen-bond donors (Lipinski definition) is 1. The molecule has 0 aliphatic rings. The van der Waals surface area contributed by atoms with Crippen molar-refractivity contribution in [3.8, 4) is 0 Å². The Labute approximate surface area is 112 Å². The smallest absolute Gasteiger partial charge is 0.408 e. The molecule has 0 heterocycles. The Bertz CT molecular complexity index is 334. The second-order valence-corrected chi connectivity index (χ2v) is 4.74. The number of esters is 2. The normalized spacial score (nSPS) is 12.3. The molecule has 1 amide bonds. The molecular formula is C12H21NO6. The predicted octanol–water partition coefficient (Wildman–Crippen LogP) is 1.01. The monoisotopic (exact) mass is 275 g/mol. The lowest BCUT2D eigenvalue weighted by Gasteiger charge is -2.19. The van der Waals surface area contributed by atoms with Gasteiger partial charge in [-0.05, 0) is 34.6 Å². The van der Waals surface area contributed by atoms with E-state index in [-0.39, 0.29) is 13.2 Å². The average molecular weight is 275 g/mol. The minimum absolute atomic E-state index is 0.205. The molecule has 0 aliphatic heterocycles. The number of carbonyl (C=O) groups excluding carboxylic acids is 3. The number of carbonyl (C=O) groups is 3. The van der Waals surface area contributed by atoms with Crippen LogP contribution in [0.15, 0.2) is 0 Å². The van der Waals surface area contributed by atoms with Gasteiger partial charge in [-0.25, -0.2) is 9.59 Å². The van der Waals surface area contributed by atoms with Crippen LogP contribution in [0.3, 0.4) is 0 Å². The van der Waals surface area contributed by atoms with Crippen LogP contribution >= 0.6 is 0 Å². The highest BCUT2D eigenvalue weighted by Gasteiger charge is 2.20. The summed E-state index contributed by atoms with van der Waals surface area (Å²) in [6, 6.07) is 0. The van der Waals surface area contributed by atoms with Crippen LogP contribution in [0, 0.1) is 0 Å². The molecule has 0 radical (unpaired) electrons. The fraction of sp³-hybridized carbons (Fsp3) is 0.750. The molecule has 0 spiro atoms. The third kappa shape index (κ3) is 8.87. The summed E-state index contributed by atoms with van der Waals surface area (Å²) in [5.41, 5.74) is -0.647. The van der Waals surface area contributed by atoms with Gasteiger partial charge < -0.3 is 19.5 Å². The van der Waals surface area contributed by atoms with Gasteiger partial charge in [-0.2, -0.15) is 0 Å². The van der Waals surface area contributed by atoms with Crippen LogP contribution in [-0.4, -0.2) is 42.9 Å². The van der Waals surface area contributed by atoms with Gasteiger partial charge in [-0.15, -0.1) is 0 Å². The van der Waals surface area contributed by atoms with E-state index in [1.165, 1.54) is 6.92 Å². The molecule has 19 heavy (non-hydrogen) atoms. The van der Waals surface area contributed by atoms with Gasteiger partial charge in [0.2, 0.25) is 0 Å². The second kappa shape index (κ2) is 7.60. The first-order valence-electron chi connectivity index (χ1n) is 5.98. The summed E-state index contributed by atoms with van der Waals surface area (Å²) in [4.78, 5) is 33.8. The zero-order valence-electron chi connectivity index (χ0n) is 11.9. The van der Waals surface area contributed by atoms with Crippen LogP contribution < -0.4 is 5.32 Å². The van der Waals surface area contributed by atoms with Gasteiger partial charge in [-0.3, -0.25) is 4.79 Å². The Kier molecular flexibility index (Phi) is 6.89. The highest BCUT2D eigenvalue weighted by molar-refractivity contribution is 5.82. The van der Waals surface area contributed by atoms with Gasteiger partial charge >= 0.3 is 18.0 Å². The van der Waals surface area contributed by atoms with E-state index in [1.807, 2.05) is 0 Å². The third-order valence-corrected chi connectivity index (χ3v) is 1.70. The molecule has 1 N–H and O–H groups in total. The molecular weight excluding hydrogens is 254 g/mol. The van der Waals surface area contributed by atoms with E-state index < -0.39 is 29.7 Å². The van der Waals surface area contributed by atoms with Crippen molar-refractivity contribution in [2.75, 3.05) is 13.2 Å². The van der Waals surface area contributed by atoms with Gasteiger partial charge in [0.05, 0.1) is 6.61 Å². The van der Waals surface area contributed by atoms with Crippen molar-refractivity contribution in [1.29, 1.82) is 0 Å². The molecule has 0 bridgehead atoms. The summed E-state index contributed by atoms with van der Waals surface area (Å²) in [7, 11) is 0. The zero-order valence-corrected chi connectivity index (χ0v) is 11.9. The number of ether oxygens (including phenoxy) is 3. The van der Waals surface area contributed by atoms with Crippen molar-refractivity contribution in [2.24, 2.45) is 0 Å². The Hall–Kier alpha value is -1.79. The molecule has 0 aromatic carbocycles. The lowest BCUT2D eigenvalue weighted by molar-refractivity contribution is -0.165. The molecule has 0 saturated carbocycles. The second-order valence-electron chi connectivity index (χ2n) is 4.74. The number of amides is 1. The van der Waals surface area contributed by atoms with E-state index in [2.05, 4.69) is 10.1 Å². The molecule has 0 aromatic rings. The third-order valence-electron chi connectivity index (χ3n) is 1.70. The summed E-state index contributed by atoms with van der Waals surface area (Å²) in [6.45, 7) is 7.98. The Balaban J connectivity index is 3.99. The summed E-state index contributed by atoms with van der Waals surface area (Å²) >= 11 is 0. The van der Waals surface area contributed by atoms with E-state index in [9.17, 15) is 14.4 Å². The Morgan fingerprint density at radius 2 is 1.79 bits per heavy atom. The first-order valence-corrected chi connectivity index (χ1v) is 5.98. The van der Waals surface area contributed by atoms with Crippen LogP contribution in [0.5, 0.6) is 0 Å². The maximum absolute atomic E-state index is 11.3. The molecule has 0 unspecified atom stereocenters. The van der Waals surface area contributed by atoms with Gasteiger partial charge in [-0.1, -0.05) is 0 Å². The summed E-state index contributed by atoms with van der Waals surface area (Å²) in [6.07, 6.45) is -1.74. The predicted molar refractivity (Wildman–Crippen MR) is 66.4 cm³/mol. The molecule has 1 atom stereocenters. The van der Waals surface area contributed by atoms with E-state index in [0.29, 0.717) is 0 Å². The lowest BCUT2D eigenvalue weighted by Crippen LogP contribution is -2.37. The number of alkyl carbamates (subject to hydrolysis) is 1. The standard InChI is InChI=1S/C12H21NO6/c1-6-17-10(15)8(2)18-9(14)7-13-11(16)19-12(3,4)5/h8H,6-7H2,1-5H3,(H,13,16)/t8-/m0/s1. The van der Waals surface area contributed by atoms with Crippen molar-refractivity contribution >= 4 is 18.0 Å². The number of nitrogens with one attached hydrogen (secondary N) is 1. The molecule has 0 aromatic heterocycles. The van der Waals surface area contributed by atoms with Crippen molar-refractivity contribution in [2.45, 2.75) is 46.3 Å². The SMILES string of the molecule is CCOC(=O)[C@H](C)OC(=O)CNC(=O)OC(C)(C)C. The zero-order chi connectivity index (χ0) is 15.1. The van der Waals surface area contributed by atoms with Crippen molar-refractivity contribution in [3.63, 3.8) is 0 Å². The van der Waals surface area contributed by atoms with Crippen LogP contribution in [0.25, 0.3) is 0 Å². The fourth-order valence-electron chi connectivity index (χ4n) is 1.01. The first kappa shape index (κ1) is 17.2. The topological polar surface area (TPSA) is 90.9 Å². The van der Waals surface area contributed by atoms with E-state index in [0.717, 1.165) is 0 Å². The Morgan fingerprint density at radius 3 is 2.26 bits per heavy atom. The van der Waals surface area contributed by atoms with E-state index >= 15 is 0 Å². The summed E-state index contributed by atoms with van der Waals surface area (Å²) < 4.78 is 14.4. The maximum Gasteiger partial charge on any atom is 0.408 e. The van der Waals surface area contributed by atoms with Crippen LogP contribution in [-0.2, 0) is 23.8 Å². The highest BCUT2D eigenvalue weighted by atomic mass is 16.6. The molecule has 7 heteroatoms. The van der Waals surface area contributed by atoms with E-state index in [1.54, 1.807) is 27.7 Å². The molecule has 110 valence electrons. The number of hydrogen-bond acceptors (Lipinski definition) is 6. The first-order chi connectivity index (χ1) is 8.65. The molecule has 0 rings (SSSR count). The minimum atomic E-state index is -1.01. The van der Waals surface area contributed by atoms with Gasteiger partial charge in [0.15, 0.2) is 6.10 Å². The van der Waals surface area contributed by atoms with Gasteiger partial charge in [0.1, 0.15) is 12.1 Å². The molecule has 7 nitrogen and oxygen atoms in total. The van der Waals surface area contributed by atoms with Crippen molar-refractivity contribution in [1.82, 2.24) is 5.32 Å². The molecule has 0 fully saturated rings. The van der Waals surface area contributed by atoms with Gasteiger partial charge in [0, 0.05) is 0 Å². The minimum Gasteiger partial charge on any atom is -0.463 e. The fourth-order valence-corrected chi connectivity index (χ4v) is 1.01. The van der Waals surface area contributed by atoms with Gasteiger partial charge in [0.25, 0.3) is 0 Å². The number of rotatable bonds is 5. The lowest BCUT2D eigenvalue weighted by atomic mass is 10.2. The van der Waals surface area contributed by atoms with Crippen molar-refractivity contribution in [3.05, 3.63) is 0 Å². The Morgan fingerprint density at radius 1 is 1.21 bits per heavy atom.